The van der Waals surface area contributed by atoms with E-state index in [1.165, 1.54) is 83.5 Å². The number of amides is 1. The second-order valence-electron chi connectivity index (χ2n) is 13.2. The van der Waals surface area contributed by atoms with E-state index >= 15 is 0 Å². The summed E-state index contributed by atoms with van der Waals surface area (Å²) in [5.41, 5.74) is 0. The third kappa shape index (κ3) is 29.7. The van der Waals surface area contributed by atoms with Crippen molar-refractivity contribution < 1.29 is 32.9 Å². The van der Waals surface area contributed by atoms with E-state index < -0.39 is 20.0 Å². The summed E-state index contributed by atoms with van der Waals surface area (Å²) >= 11 is 0. The summed E-state index contributed by atoms with van der Waals surface area (Å²) in [5, 5.41) is 13.5. The second kappa shape index (κ2) is 27.5. The van der Waals surface area contributed by atoms with Gasteiger partial charge in [0.05, 0.1) is 39.9 Å². The van der Waals surface area contributed by atoms with Crippen LogP contribution in [0.2, 0.25) is 0 Å². The van der Waals surface area contributed by atoms with Gasteiger partial charge in [-0.2, -0.15) is 0 Å². The number of hydrogen-bond acceptors (Lipinski definition) is 6. The van der Waals surface area contributed by atoms with Crippen molar-refractivity contribution in [2.24, 2.45) is 0 Å². The van der Waals surface area contributed by atoms with Crippen LogP contribution in [0.5, 0.6) is 0 Å². The maximum Gasteiger partial charge on any atom is 0.268 e. The molecule has 0 bridgehead atoms. The van der Waals surface area contributed by atoms with Gasteiger partial charge in [-0.3, -0.25) is 9.36 Å². The number of unbranched alkanes of at least 4 members (excludes halogenated alkanes) is 18. The highest BCUT2D eigenvalue weighted by molar-refractivity contribution is 7.45. The monoisotopic (exact) mass is 632 g/mol. The lowest BCUT2D eigenvalue weighted by Gasteiger charge is -2.29. The van der Waals surface area contributed by atoms with Gasteiger partial charge in [0.2, 0.25) is 5.91 Å². The molecule has 0 rings (SSSR count). The van der Waals surface area contributed by atoms with Crippen molar-refractivity contribution in [3.8, 4) is 0 Å². The van der Waals surface area contributed by atoms with Crippen molar-refractivity contribution in [2.45, 2.75) is 161 Å². The second-order valence-corrected chi connectivity index (χ2v) is 14.6. The van der Waals surface area contributed by atoms with Crippen molar-refractivity contribution in [1.29, 1.82) is 0 Å². The van der Waals surface area contributed by atoms with E-state index in [4.69, 9.17) is 9.05 Å². The number of aliphatic hydroxyl groups is 1. The van der Waals surface area contributed by atoms with Gasteiger partial charge in [0.25, 0.3) is 7.82 Å². The molecule has 43 heavy (non-hydrogen) atoms. The largest absolute Gasteiger partial charge is 0.756 e. The smallest absolute Gasteiger partial charge is 0.268 e. The van der Waals surface area contributed by atoms with Gasteiger partial charge in [0.15, 0.2) is 0 Å². The van der Waals surface area contributed by atoms with Gasteiger partial charge in [-0.05, 0) is 19.3 Å². The number of nitrogens with one attached hydrogen (secondary N) is 1. The average Bonchev–Trinajstić information content (AvgIpc) is 2.94. The number of aliphatic hydroxyl groups excluding tert-OH is 1. The molecule has 0 heterocycles. The maximum atomic E-state index is 12.6. The minimum Gasteiger partial charge on any atom is -0.756 e. The summed E-state index contributed by atoms with van der Waals surface area (Å²) in [4.78, 5) is 24.9. The number of carbonyl (C=O) groups is 1. The lowest BCUT2D eigenvalue weighted by Crippen LogP contribution is -2.45. The molecule has 0 fully saturated rings. The fraction of sp³-hybridized carbons (Fsp3) is 0.912. The van der Waals surface area contributed by atoms with Gasteiger partial charge in [0.1, 0.15) is 13.2 Å². The Bertz CT molecular complexity index is 728. The molecule has 0 aromatic carbocycles. The molecule has 3 unspecified atom stereocenters. The van der Waals surface area contributed by atoms with Gasteiger partial charge < -0.3 is 28.8 Å². The molecule has 8 nitrogen and oxygen atoms in total. The third-order valence-corrected chi connectivity index (χ3v) is 8.71. The molecule has 1 amide bonds. The molecule has 0 aliphatic heterocycles. The first-order chi connectivity index (χ1) is 20.5. The number of nitrogens with zero attached hydrogens (tertiary/aromatic N) is 1. The fourth-order valence-corrected chi connectivity index (χ4v) is 5.58. The van der Waals surface area contributed by atoms with Crippen molar-refractivity contribution >= 4 is 13.7 Å². The highest BCUT2D eigenvalue weighted by atomic mass is 31.2. The zero-order valence-electron chi connectivity index (χ0n) is 28.7. The quantitative estimate of drug-likeness (QED) is 0.0349. The van der Waals surface area contributed by atoms with Gasteiger partial charge >= 0.3 is 0 Å². The van der Waals surface area contributed by atoms with E-state index in [0.29, 0.717) is 17.4 Å². The van der Waals surface area contributed by atoms with Crippen LogP contribution in [-0.2, 0) is 18.4 Å². The summed E-state index contributed by atoms with van der Waals surface area (Å²) in [6, 6.07) is -0.875. The minimum atomic E-state index is -4.56. The van der Waals surface area contributed by atoms with Crippen LogP contribution in [0.1, 0.15) is 149 Å². The number of quaternary nitrogens is 1. The van der Waals surface area contributed by atoms with Gasteiger partial charge in [0, 0.05) is 6.42 Å². The predicted molar refractivity (Wildman–Crippen MR) is 178 cm³/mol. The Labute approximate surface area is 265 Å². The molecule has 0 aliphatic carbocycles. The third-order valence-electron chi connectivity index (χ3n) is 7.75. The van der Waals surface area contributed by atoms with E-state index in [-0.39, 0.29) is 19.1 Å². The topological polar surface area (TPSA) is 108 Å². The van der Waals surface area contributed by atoms with Crippen LogP contribution in [0.15, 0.2) is 12.2 Å². The molecule has 0 saturated heterocycles. The molecule has 0 aromatic heterocycles. The molecule has 0 saturated carbocycles. The summed E-state index contributed by atoms with van der Waals surface area (Å²) in [6.07, 6.45) is 27.2. The molecule has 3 atom stereocenters. The van der Waals surface area contributed by atoms with Crippen LogP contribution < -0.4 is 10.2 Å². The SMILES string of the molecule is CCCCC/C=C/C(O)C(COP(=O)([O-])OCC[N+](C)(C)C)NC(=O)CCCCCCCCCCCCCCCCCC. The first-order valence-electron chi connectivity index (χ1n) is 17.6. The summed E-state index contributed by atoms with van der Waals surface area (Å²) in [7, 11) is 1.26. The highest BCUT2D eigenvalue weighted by Gasteiger charge is 2.23. The maximum absolute atomic E-state index is 12.6. The lowest BCUT2D eigenvalue weighted by atomic mass is 10.0. The Morgan fingerprint density at radius 2 is 1.26 bits per heavy atom. The fourth-order valence-electron chi connectivity index (χ4n) is 4.86. The van der Waals surface area contributed by atoms with Crippen molar-refractivity contribution in [1.82, 2.24) is 5.32 Å². The predicted octanol–water partition coefficient (Wildman–Crippen LogP) is 7.83. The van der Waals surface area contributed by atoms with Crippen LogP contribution in [0, 0.1) is 0 Å². The Kier molecular flexibility index (Phi) is 27.1. The number of phosphoric acid groups is 1. The number of allylic oxidation sites excluding steroid dienone is 1. The van der Waals surface area contributed by atoms with E-state index in [9.17, 15) is 19.4 Å². The van der Waals surface area contributed by atoms with Crippen molar-refractivity contribution in [3.05, 3.63) is 12.2 Å². The highest BCUT2D eigenvalue weighted by Crippen LogP contribution is 2.38. The van der Waals surface area contributed by atoms with Gasteiger partial charge in [-0.15, -0.1) is 0 Å². The molecule has 0 spiro atoms. The Morgan fingerprint density at radius 3 is 1.74 bits per heavy atom. The zero-order valence-corrected chi connectivity index (χ0v) is 29.6. The van der Waals surface area contributed by atoms with Crippen LogP contribution in [-0.4, -0.2) is 68.5 Å². The van der Waals surface area contributed by atoms with Crippen LogP contribution in [0.25, 0.3) is 0 Å². The zero-order chi connectivity index (χ0) is 32.2. The van der Waals surface area contributed by atoms with Crippen LogP contribution in [0.4, 0.5) is 0 Å². The lowest BCUT2D eigenvalue weighted by molar-refractivity contribution is -0.870. The number of rotatable bonds is 31. The standard InChI is InChI=1S/C34H69N2O6P/c1-6-8-10-12-13-14-15-16-17-18-19-20-21-22-24-26-28-34(38)35-32(33(37)27-25-23-11-9-7-2)31-42-43(39,40)41-30-29-36(3,4)5/h25,27,32-33,37H,6-24,26,28-31H2,1-5H3,(H-,35,38,39,40)/b27-25+. The number of carbonyl (C=O) groups excluding carboxylic acids is 1. The molecular weight excluding hydrogens is 563 g/mol. The molecule has 0 radical (unpaired) electrons. The van der Waals surface area contributed by atoms with Crippen molar-refractivity contribution in [3.63, 3.8) is 0 Å². The first kappa shape index (κ1) is 42.2. The van der Waals surface area contributed by atoms with Crippen LogP contribution >= 0.6 is 7.82 Å². The van der Waals surface area contributed by atoms with Gasteiger partial charge in [-0.1, -0.05) is 135 Å². The average molecular weight is 633 g/mol. The van der Waals surface area contributed by atoms with Crippen LogP contribution in [0.3, 0.4) is 0 Å². The summed E-state index contributed by atoms with van der Waals surface area (Å²) in [5.74, 6) is -0.205. The Morgan fingerprint density at radius 1 is 0.791 bits per heavy atom. The molecule has 0 aromatic rings. The Balaban J connectivity index is 4.29. The summed E-state index contributed by atoms with van der Waals surface area (Å²) in [6.45, 7) is 4.51. The molecule has 0 aliphatic rings. The number of likely N-dealkylation sites (N-methyl/N-ethyl adjacent to an activating group) is 1. The van der Waals surface area contributed by atoms with E-state index in [2.05, 4.69) is 19.2 Å². The number of hydrogen-bond donors (Lipinski definition) is 2. The normalized spacial score (nSPS) is 15.0. The summed E-state index contributed by atoms with van der Waals surface area (Å²) < 4.78 is 22.9. The van der Waals surface area contributed by atoms with E-state index in [1.807, 2.05) is 27.2 Å². The van der Waals surface area contributed by atoms with Gasteiger partial charge in [-0.25, -0.2) is 0 Å². The van der Waals surface area contributed by atoms with E-state index in [1.54, 1.807) is 6.08 Å². The minimum absolute atomic E-state index is 0.000439. The number of phosphoric ester groups is 1. The molecule has 2 N–H and O–H groups in total. The molecule has 9 heteroatoms. The van der Waals surface area contributed by atoms with Crippen molar-refractivity contribution in [2.75, 3.05) is 40.9 Å². The first-order valence-corrected chi connectivity index (χ1v) is 19.0. The Hall–Kier alpha value is -0.760. The molecule has 256 valence electrons. The molecular formula is C34H69N2O6P. The van der Waals surface area contributed by atoms with E-state index in [0.717, 1.165) is 44.9 Å².